The summed E-state index contributed by atoms with van der Waals surface area (Å²) in [5, 5.41) is 3.79. The van der Waals surface area contributed by atoms with Crippen LogP contribution in [0, 0.1) is 0 Å². The van der Waals surface area contributed by atoms with Crippen LogP contribution in [0.2, 0.25) is 0 Å². The van der Waals surface area contributed by atoms with Gasteiger partial charge < -0.3 is 10.3 Å². The number of nitrogens with two attached hydrogens (primary N) is 1. The molecule has 0 unspecified atom stereocenters. The van der Waals surface area contributed by atoms with E-state index in [1.54, 1.807) is 0 Å². The maximum atomic E-state index is 11.3. The van der Waals surface area contributed by atoms with E-state index in [0.29, 0.717) is 11.3 Å². The molecule has 0 fully saturated rings. The van der Waals surface area contributed by atoms with Crippen molar-refractivity contribution in [1.29, 1.82) is 0 Å². The average Bonchev–Trinajstić information content (AvgIpc) is 2.61. The maximum Gasteiger partial charge on any atom is 0.233 e. The van der Waals surface area contributed by atoms with Crippen LogP contribution in [-0.4, -0.2) is 10.9 Å². The fourth-order valence-corrected chi connectivity index (χ4v) is 1.44. The Labute approximate surface area is 86.7 Å². The first-order chi connectivity index (χ1) is 7.20. The van der Waals surface area contributed by atoms with Crippen LogP contribution >= 0.6 is 0 Å². The van der Waals surface area contributed by atoms with Gasteiger partial charge in [0, 0.05) is 5.56 Å². The van der Waals surface area contributed by atoms with Gasteiger partial charge in [-0.1, -0.05) is 35.5 Å². The molecule has 1 heterocycles. The van der Waals surface area contributed by atoms with E-state index in [1.807, 2.05) is 30.3 Å². The smallest absolute Gasteiger partial charge is 0.233 e. The molecule has 0 radical (unpaired) electrons. The van der Waals surface area contributed by atoms with Crippen LogP contribution in [0.5, 0.6) is 0 Å². The normalized spacial score (nSPS) is 10.2. The number of Topliss-reactive ketones (excluding diaryl/α,β-unsaturated/α-hetero) is 1. The summed E-state index contributed by atoms with van der Waals surface area (Å²) < 4.78 is 4.82. The third-order valence-corrected chi connectivity index (χ3v) is 2.12. The molecule has 0 bridgehead atoms. The number of hydrogen-bond donors (Lipinski definition) is 1. The lowest BCUT2D eigenvalue weighted by Crippen LogP contribution is -1.97. The van der Waals surface area contributed by atoms with Crippen LogP contribution < -0.4 is 5.73 Å². The average molecular weight is 202 g/mol. The van der Waals surface area contributed by atoms with Crippen LogP contribution in [0.3, 0.4) is 0 Å². The molecule has 0 saturated heterocycles. The Morgan fingerprint density at radius 1 is 1.33 bits per heavy atom. The summed E-state index contributed by atoms with van der Waals surface area (Å²) in [5.41, 5.74) is 7.20. The van der Waals surface area contributed by atoms with Gasteiger partial charge in [-0.3, -0.25) is 4.79 Å². The molecule has 0 aliphatic heterocycles. The zero-order valence-electron chi connectivity index (χ0n) is 8.23. The first-order valence-electron chi connectivity index (χ1n) is 4.51. The van der Waals surface area contributed by atoms with E-state index in [4.69, 9.17) is 10.3 Å². The van der Waals surface area contributed by atoms with Crippen molar-refractivity contribution in [3.8, 4) is 11.3 Å². The first-order valence-corrected chi connectivity index (χ1v) is 4.51. The predicted molar refractivity (Wildman–Crippen MR) is 56.4 cm³/mol. The summed E-state index contributed by atoms with van der Waals surface area (Å²) in [6.45, 7) is 1.44. The molecule has 2 rings (SSSR count). The quantitative estimate of drug-likeness (QED) is 0.757. The number of anilines is 1. The van der Waals surface area contributed by atoms with Gasteiger partial charge in [-0.05, 0) is 6.92 Å². The summed E-state index contributed by atoms with van der Waals surface area (Å²) >= 11 is 0. The van der Waals surface area contributed by atoms with E-state index < -0.39 is 0 Å². The van der Waals surface area contributed by atoms with Crippen LogP contribution in [0.1, 0.15) is 17.3 Å². The second-order valence-corrected chi connectivity index (χ2v) is 3.19. The number of benzene rings is 1. The van der Waals surface area contributed by atoms with Gasteiger partial charge in [0.2, 0.25) is 5.88 Å². The highest BCUT2D eigenvalue weighted by molar-refractivity contribution is 6.03. The molecule has 0 atom stereocenters. The lowest BCUT2D eigenvalue weighted by Gasteiger charge is -1.97. The van der Waals surface area contributed by atoms with E-state index in [0.717, 1.165) is 5.56 Å². The molecular formula is C11H10N2O2. The fourth-order valence-electron chi connectivity index (χ4n) is 1.44. The third kappa shape index (κ3) is 1.61. The standard InChI is InChI=1S/C11H10N2O2/c1-7(14)9-10(13-15-11(9)12)8-5-3-2-4-6-8/h2-6H,12H2,1H3. The molecule has 2 N–H and O–H groups in total. The molecule has 15 heavy (non-hydrogen) atoms. The van der Waals surface area contributed by atoms with Gasteiger partial charge in [-0.25, -0.2) is 0 Å². The van der Waals surface area contributed by atoms with Gasteiger partial charge >= 0.3 is 0 Å². The number of carbonyl (C=O) groups excluding carboxylic acids is 1. The molecule has 2 aromatic rings. The summed E-state index contributed by atoms with van der Waals surface area (Å²) in [5.74, 6) is -0.0750. The van der Waals surface area contributed by atoms with Gasteiger partial charge in [0.1, 0.15) is 11.3 Å². The van der Waals surface area contributed by atoms with Gasteiger partial charge in [0.05, 0.1) is 0 Å². The lowest BCUT2D eigenvalue weighted by molar-refractivity contribution is 0.101. The maximum absolute atomic E-state index is 11.3. The van der Waals surface area contributed by atoms with Crippen molar-refractivity contribution < 1.29 is 9.32 Å². The lowest BCUT2D eigenvalue weighted by atomic mass is 10.1. The number of carbonyl (C=O) groups is 1. The summed E-state index contributed by atoms with van der Waals surface area (Å²) in [6, 6.07) is 9.32. The Hall–Kier alpha value is -2.10. The van der Waals surface area contributed by atoms with Crippen LogP contribution in [0.4, 0.5) is 5.88 Å². The number of ketones is 1. The van der Waals surface area contributed by atoms with E-state index in [1.165, 1.54) is 6.92 Å². The summed E-state index contributed by atoms with van der Waals surface area (Å²) in [4.78, 5) is 11.3. The van der Waals surface area contributed by atoms with Gasteiger partial charge in [0.25, 0.3) is 0 Å². The van der Waals surface area contributed by atoms with Crippen molar-refractivity contribution >= 4 is 11.7 Å². The second kappa shape index (κ2) is 3.57. The van der Waals surface area contributed by atoms with Crippen molar-refractivity contribution in [3.05, 3.63) is 35.9 Å². The largest absolute Gasteiger partial charge is 0.367 e. The third-order valence-electron chi connectivity index (χ3n) is 2.12. The van der Waals surface area contributed by atoms with E-state index >= 15 is 0 Å². The zero-order chi connectivity index (χ0) is 10.8. The second-order valence-electron chi connectivity index (χ2n) is 3.19. The Morgan fingerprint density at radius 3 is 2.60 bits per heavy atom. The van der Waals surface area contributed by atoms with Gasteiger partial charge in [-0.15, -0.1) is 0 Å². The zero-order valence-corrected chi connectivity index (χ0v) is 8.23. The number of rotatable bonds is 2. The van der Waals surface area contributed by atoms with Crippen LogP contribution in [0.25, 0.3) is 11.3 Å². The number of nitrogen functional groups attached to an aromatic ring is 1. The fraction of sp³-hybridized carbons (Fsp3) is 0.0909. The minimum Gasteiger partial charge on any atom is -0.367 e. The molecule has 1 aromatic heterocycles. The van der Waals surface area contributed by atoms with E-state index in [2.05, 4.69) is 5.16 Å². The molecule has 0 spiro atoms. The highest BCUT2D eigenvalue weighted by Gasteiger charge is 2.18. The molecule has 0 aliphatic carbocycles. The molecule has 4 nitrogen and oxygen atoms in total. The van der Waals surface area contributed by atoms with E-state index in [9.17, 15) is 4.79 Å². The molecule has 0 amide bonds. The number of nitrogens with zero attached hydrogens (tertiary/aromatic N) is 1. The topological polar surface area (TPSA) is 69.1 Å². The SMILES string of the molecule is CC(=O)c1c(-c2ccccc2)noc1N. The minimum absolute atomic E-state index is 0.0707. The Bertz CT molecular complexity index is 489. The molecule has 1 aromatic carbocycles. The Kier molecular flexibility index (Phi) is 2.25. The van der Waals surface area contributed by atoms with Crippen molar-refractivity contribution in [2.45, 2.75) is 6.92 Å². The van der Waals surface area contributed by atoms with Crippen molar-refractivity contribution in [3.63, 3.8) is 0 Å². The van der Waals surface area contributed by atoms with Crippen molar-refractivity contribution in [2.24, 2.45) is 0 Å². The van der Waals surface area contributed by atoms with Crippen LogP contribution in [0.15, 0.2) is 34.9 Å². The van der Waals surface area contributed by atoms with Gasteiger partial charge in [-0.2, -0.15) is 0 Å². The molecule has 76 valence electrons. The first kappa shape index (κ1) is 9.45. The Morgan fingerprint density at radius 2 is 2.00 bits per heavy atom. The monoisotopic (exact) mass is 202 g/mol. The predicted octanol–water partition coefficient (Wildman–Crippen LogP) is 2.13. The van der Waals surface area contributed by atoms with Crippen LogP contribution in [-0.2, 0) is 0 Å². The molecular weight excluding hydrogens is 192 g/mol. The molecule has 0 aliphatic rings. The number of hydrogen-bond acceptors (Lipinski definition) is 4. The van der Waals surface area contributed by atoms with E-state index in [-0.39, 0.29) is 11.7 Å². The highest BCUT2D eigenvalue weighted by atomic mass is 16.5. The Balaban J connectivity index is 2.59. The highest BCUT2D eigenvalue weighted by Crippen LogP contribution is 2.26. The van der Waals surface area contributed by atoms with Crippen molar-refractivity contribution in [1.82, 2.24) is 5.16 Å². The minimum atomic E-state index is -0.146. The molecule has 0 saturated carbocycles. The summed E-state index contributed by atoms with van der Waals surface area (Å²) in [6.07, 6.45) is 0. The number of aromatic nitrogens is 1. The van der Waals surface area contributed by atoms with Crippen molar-refractivity contribution in [2.75, 3.05) is 5.73 Å². The van der Waals surface area contributed by atoms with Gasteiger partial charge in [0.15, 0.2) is 5.78 Å². The summed E-state index contributed by atoms with van der Waals surface area (Å²) in [7, 11) is 0. The molecule has 4 heteroatoms.